The topological polar surface area (TPSA) is 66.9 Å². The summed E-state index contributed by atoms with van der Waals surface area (Å²) in [5.41, 5.74) is 0. The van der Waals surface area contributed by atoms with Crippen LogP contribution >= 0.6 is 0 Å². The van der Waals surface area contributed by atoms with Crippen molar-refractivity contribution in [1.29, 1.82) is 0 Å². The maximum absolute atomic E-state index is 12.1. The van der Waals surface area contributed by atoms with E-state index >= 15 is 0 Å². The van der Waals surface area contributed by atoms with E-state index in [1.165, 1.54) is 10.6 Å². The van der Waals surface area contributed by atoms with Crippen LogP contribution in [0.15, 0.2) is 0 Å². The first-order chi connectivity index (χ1) is 10.8. The first-order valence-corrected chi connectivity index (χ1v) is 10.5. The summed E-state index contributed by atoms with van der Waals surface area (Å²) < 4.78 is 30.7. The monoisotopic (exact) mass is 346 g/mol. The van der Waals surface area contributed by atoms with Crippen LogP contribution in [0.3, 0.4) is 0 Å². The number of hydrogen-bond donors (Lipinski definition) is 0. The minimum Gasteiger partial charge on any atom is -0.375 e. The number of nitrogens with zero attached hydrogens (tertiary/aromatic N) is 2. The van der Waals surface area contributed by atoms with Crippen molar-refractivity contribution in [2.45, 2.75) is 58.2 Å². The van der Waals surface area contributed by atoms with Crippen LogP contribution in [0.1, 0.15) is 46.0 Å². The molecule has 2 rings (SSSR count). The van der Waals surface area contributed by atoms with Gasteiger partial charge in [0, 0.05) is 32.6 Å². The van der Waals surface area contributed by atoms with Gasteiger partial charge in [-0.3, -0.25) is 4.79 Å². The molecule has 0 atom stereocenters. The maximum Gasteiger partial charge on any atom is 0.222 e. The molecule has 7 heteroatoms. The Labute approximate surface area is 140 Å². The van der Waals surface area contributed by atoms with E-state index in [-0.39, 0.29) is 18.1 Å². The predicted octanol–water partition coefficient (Wildman–Crippen LogP) is 1.46. The van der Waals surface area contributed by atoms with Gasteiger partial charge in [0.1, 0.15) is 0 Å². The average molecular weight is 346 g/mol. The van der Waals surface area contributed by atoms with Crippen LogP contribution in [-0.4, -0.2) is 68.2 Å². The van der Waals surface area contributed by atoms with Crippen LogP contribution in [0.2, 0.25) is 0 Å². The Balaban J connectivity index is 1.70. The Kier molecular flexibility index (Phi) is 6.45. The first-order valence-electron chi connectivity index (χ1n) is 8.64. The summed E-state index contributed by atoms with van der Waals surface area (Å²) >= 11 is 0. The highest BCUT2D eigenvalue weighted by atomic mass is 32.2. The number of likely N-dealkylation sites (tertiary alicyclic amines) is 1. The van der Waals surface area contributed by atoms with Gasteiger partial charge in [-0.2, -0.15) is 0 Å². The van der Waals surface area contributed by atoms with Crippen LogP contribution in [0.25, 0.3) is 0 Å². The van der Waals surface area contributed by atoms with Crippen molar-refractivity contribution >= 4 is 15.9 Å². The van der Waals surface area contributed by atoms with Crippen LogP contribution < -0.4 is 0 Å². The Hall–Kier alpha value is -0.660. The highest BCUT2D eigenvalue weighted by Gasteiger charge is 2.29. The fourth-order valence-corrected chi connectivity index (χ4v) is 4.17. The molecule has 0 N–H and O–H groups in total. The van der Waals surface area contributed by atoms with Crippen LogP contribution in [0.4, 0.5) is 0 Å². The molecule has 2 aliphatic heterocycles. The Morgan fingerprint density at radius 2 is 1.52 bits per heavy atom. The molecular formula is C16H30N2O4S. The lowest BCUT2D eigenvalue weighted by Gasteiger charge is -2.36. The number of piperidine rings is 2. The van der Waals surface area contributed by atoms with Crippen molar-refractivity contribution in [1.82, 2.24) is 9.21 Å². The molecule has 0 aromatic heterocycles. The van der Waals surface area contributed by atoms with E-state index in [4.69, 9.17) is 4.74 Å². The van der Waals surface area contributed by atoms with Crippen LogP contribution in [0.5, 0.6) is 0 Å². The largest absolute Gasteiger partial charge is 0.375 e. The fourth-order valence-electron chi connectivity index (χ4n) is 3.29. The number of carbonyl (C=O) groups excluding carboxylic acids is 1. The number of carbonyl (C=O) groups is 1. The zero-order valence-electron chi connectivity index (χ0n) is 14.5. The molecule has 0 aromatic carbocycles. The summed E-state index contributed by atoms with van der Waals surface area (Å²) in [6, 6.07) is 0. The van der Waals surface area contributed by atoms with E-state index < -0.39 is 10.0 Å². The summed E-state index contributed by atoms with van der Waals surface area (Å²) in [6.45, 7) is 6.79. The smallest absolute Gasteiger partial charge is 0.222 e. The van der Waals surface area contributed by atoms with Gasteiger partial charge in [-0.15, -0.1) is 0 Å². The molecular weight excluding hydrogens is 316 g/mol. The van der Waals surface area contributed by atoms with Gasteiger partial charge in [-0.05, 0) is 31.6 Å². The quantitative estimate of drug-likeness (QED) is 0.756. The predicted molar refractivity (Wildman–Crippen MR) is 89.6 cm³/mol. The third-order valence-electron chi connectivity index (χ3n) is 4.63. The van der Waals surface area contributed by atoms with Crippen LogP contribution in [-0.2, 0) is 19.6 Å². The molecule has 0 aromatic rings. The molecule has 2 heterocycles. The second-order valence-corrected chi connectivity index (χ2v) is 9.16. The summed E-state index contributed by atoms with van der Waals surface area (Å²) in [7, 11) is -3.08. The molecule has 0 spiro atoms. The van der Waals surface area contributed by atoms with E-state index in [1.54, 1.807) is 0 Å². The Morgan fingerprint density at radius 1 is 1.04 bits per heavy atom. The lowest BCUT2D eigenvalue weighted by molar-refractivity contribution is -0.135. The third kappa shape index (κ3) is 5.72. The van der Waals surface area contributed by atoms with E-state index in [0.29, 0.717) is 25.4 Å². The number of hydrogen-bond acceptors (Lipinski definition) is 4. The van der Waals surface area contributed by atoms with Gasteiger partial charge in [0.25, 0.3) is 0 Å². The normalized spacial score (nSPS) is 22.7. The summed E-state index contributed by atoms with van der Waals surface area (Å²) in [6.07, 6.45) is 5.53. The number of ether oxygens (including phenoxy) is 1. The van der Waals surface area contributed by atoms with Gasteiger partial charge in [0.15, 0.2) is 0 Å². The standard InChI is InChI=1S/C16H30N2O4S/c1-13(2)12-16(19)17-8-4-14(5-9-17)22-15-6-10-18(11-7-15)23(3,20)21/h13-15H,4-12H2,1-3H3. The molecule has 23 heavy (non-hydrogen) atoms. The number of rotatable bonds is 5. The molecule has 0 unspecified atom stereocenters. The van der Waals surface area contributed by atoms with E-state index in [0.717, 1.165) is 38.8 Å². The SMILES string of the molecule is CC(C)CC(=O)N1CCC(OC2CCN(S(C)(=O)=O)CC2)CC1. The molecule has 2 fully saturated rings. The minimum atomic E-state index is -3.08. The Morgan fingerprint density at radius 3 is 1.96 bits per heavy atom. The number of amides is 1. The summed E-state index contributed by atoms with van der Waals surface area (Å²) in [4.78, 5) is 14.0. The molecule has 2 aliphatic rings. The minimum absolute atomic E-state index is 0.149. The Bertz CT molecular complexity index is 490. The van der Waals surface area contributed by atoms with Gasteiger partial charge in [-0.1, -0.05) is 13.8 Å². The van der Waals surface area contributed by atoms with Gasteiger partial charge in [0.2, 0.25) is 15.9 Å². The number of sulfonamides is 1. The van der Waals surface area contributed by atoms with Gasteiger partial charge < -0.3 is 9.64 Å². The van der Waals surface area contributed by atoms with Crippen molar-refractivity contribution < 1.29 is 17.9 Å². The van der Waals surface area contributed by atoms with Crippen molar-refractivity contribution in [2.24, 2.45) is 5.92 Å². The second-order valence-electron chi connectivity index (χ2n) is 7.18. The first kappa shape index (κ1) is 18.7. The highest BCUT2D eigenvalue weighted by Crippen LogP contribution is 2.22. The zero-order chi connectivity index (χ0) is 17.0. The van der Waals surface area contributed by atoms with Crippen molar-refractivity contribution in [3.8, 4) is 0 Å². The van der Waals surface area contributed by atoms with Crippen molar-refractivity contribution in [3.63, 3.8) is 0 Å². The van der Waals surface area contributed by atoms with Crippen LogP contribution in [0, 0.1) is 5.92 Å². The molecule has 134 valence electrons. The van der Waals surface area contributed by atoms with E-state index in [9.17, 15) is 13.2 Å². The zero-order valence-corrected chi connectivity index (χ0v) is 15.3. The molecule has 0 bridgehead atoms. The molecule has 1 amide bonds. The summed E-state index contributed by atoms with van der Waals surface area (Å²) in [5, 5.41) is 0. The summed E-state index contributed by atoms with van der Waals surface area (Å²) in [5.74, 6) is 0.649. The van der Waals surface area contributed by atoms with E-state index in [2.05, 4.69) is 13.8 Å². The van der Waals surface area contributed by atoms with E-state index in [1.807, 2.05) is 4.90 Å². The van der Waals surface area contributed by atoms with Gasteiger partial charge in [0.05, 0.1) is 18.5 Å². The molecule has 0 saturated carbocycles. The molecule has 0 radical (unpaired) electrons. The molecule has 6 nitrogen and oxygen atoms in total. The fraction of sp³-hybridized carbons (Fsp3) is 0.938. The lowest BCUT2D eigenvalue weighted by Crippen LogP contribution is -2.44. The van der Waals surface area contributed by atoms with Gasteiger partial charge >= 0.3 is 0 Å². The molecule has 0 aliphatic carbocycles. The third-order valence-corrected chi connectivity index (χ3v) is 5.94. The molecule has 2 saturated heterocycles. The second kappa shape index (κ2) is 7.94. The van der Waals surface area contributed by atoms with Gasteiger partial charge in [-0.25, -0.2) is 12.7 Å². The van der Waals surface area contributed by atoms with Crippen molar-refractivity contribution in [2.75, 3.05) is 32.4 Å². The lowest BCUT2D eigenvalue weighted by atomic mass is 10.0. The maximum atomic E-state index is 12.1. The highest BCUT2D eigenvalue weighted by molar-refractivity contribution is 7.88. The average Bonchev–Trinajstić information content (AvgIpc) is 2.47. The van der Waals surface area contributed by atoms with Crippen molar-refractivity contribution in [3.05, 3.63) is 0 Å².